The lowest BCUT2D eigenvalue weighted by Crippen LogP contribution is -2.37. The quantitative estimate of drug-likeness (QED) is 0.644. The van der Waals surface area contributed by atoms with Crippen LogP contribution in [-0.4, -0.2) is 64.4 Å². The van der Waals surface area contributed by atoms with E-state index in [1.807, 2.05) is 0 Å². The van der Waals surface area contributed by atoms with Gasteiger partial charge in [0.2, 0.25) is 5.91 Å². The summed E-state index contributed by atoms with van der Waals surface area (Å²) in [5.74, 6) is 0.728. The number of carbonyl (C=O) groups is 1. The molecular weight excluding hydrogens is 232 g/mol. The van der Waals surface area contributed by atoms with E-state index in [0.29, 0.717) is 32.2 Å². The van der Waals surface area contributed by atoms with Gasteiger partial charge in [0, 0.05) is 20.1 Å². The predicted octanol–water partition coefficient (Wildman–Crippen LogP) is 0.498. The Morgan fingerprint density at radius 3 is 2.67 bits per heavy atom. The van der Waals surface area contributed by atoms with Crippen molar-refractivity contribution in [3.8, 4) is 0 Å². The summed E-state index contributed by atoms with van der Waals surface area (Å²) < 4.78 is 10.1. The van der Waals surface area contributed by atoms with Gasteiger partial charge < -0.3 is 19.7 Å². The Labute approximate surface area is 110 Å². The van der Waals surface area contributed by atoms with Crippen LogP contribution in [0.3, 0.4) is 0 Å². The lowest BCUT2D eigenvalue weighted by Gasteiger charge is -2.28. The molecule has 1 aliphatic heterocycles. The fourth-order valence-corrected chi connectivity index (χ4v) is 2.02. The molecule has 1 amide bonds. The van der Waals surface area contributed by atoms with Crippen molar-refractivity contribution in [3.05, 3.63) is 0 Å². The molecule has 0 aliphatic carbocycles. The number of carbonyl (C=O) groups excluding carboxylic acids is 1. The van der Waals surface area contributed by atoms with Crippen LogP contribution in [0, 0.1) is 5.92 Å². The molecular formula is C13H26N2O3. The Bertz CT molecular complexity index is 228. The number of ether oxygens (including phenoxy) is 2. The van der Waals surface area contributed by atoms with Gasteiger partial charge in [0.25, 0.3) is 0 Å². The second-order valence-electron chi connectivity index (χ2n) is 4.91. The lowest BCUT2D eigenvalue weighted by atomic mass is 9.97. The Kier molecular flexibility index (Phi) is 7.96. The number of likely N-dealkylation sites (tertiary alicyclic amines) is 1. The number of nitrogens with one attached hydrogen (secondary N) is 1. The molecule has 18 heavy (non-hydrogen) atoms. The number of rotatable bonds is 8. The molecule has 1 saturated heterocycles. The molecule has 0 bridgehead atoms. The van der Waals surface area contributed by atoms with Crippen molar-refractivity contribution in [2.45, 2.75) is 19.3 Å². The van der Waals surface area contributed by atoms with Gasteiger partial charge in [0.1, 0.15) is 0 Å². The van der Waals surface area contributed by atoms with Gasteiger partial charge in [-0.05, 0) is 38.9 Å². The standard InChI is InChI=1S/C13H26N2O3/c1-15-6-3-12(4-7-15)11-14-13(16)5-8-18-10-9-17-2/h12H,3-11H2,1-2H3,(H,14,16). The van der Waals surface area contributed by atoms with E-state index in [9.17, 15) is 4.79 Å². The summed E-state index contributed by atoms with van der Waals surface area (Å²) in [5, 5.41) is 2.99. The van der Waals surface area contributed by atoms with Crippen molar-refractivity contribution in [1.82, 2.24) is 10.2 Å². The second kappa shape index (κ2) is 9.30. The minimum Gasteiger partial charge on any atom is -0.382 e. The van der Waals surface area contributed by atoms with Gasteiger partial charge in [-0.1, -0.05) is 0 Å². The summed E-state index contributed by atoms with van der Waals surface area (Å²) in [6, 6.07) is 0. The van der Waals surface area contributed by atoms with Gasteiger partial charge in [-0.3, -0.25) is 4.79 Å². The summed E-state index contributed by atoms with van der Waals surface area (Å²) in [4.78, 5) is 13.9. The molecule has 1 aliphatic rings. The van der Waals surface area contributed by atoms with Crippen molar-refractivity contribution in [2.75, 3.05) is 53.6 Å². The lowest BCUT2D eigenvalue weighted by molar-refractivity contribution is -0.122. The predicted molar refractivity (Wildman–Crippen MR) is 70.5 cm³/mol. The zero-order valence-corrected chi connectivity index (χ0v) is 11.6. The van der Waals surface area contributed by atoms with Gasteiger partial charge in [0.05, 0.1) is 19.8 Å². The van der Waals surface area contributed by atoms with Gasteiger partial charge >= 0.3 is 0 Å². The monoisotopic (exact) mass is 258 g/mol. The average Bonchev–Trinajstić information content (AvgIpc) is 2.38. The Hall–Kier alpha value is -0.650. The molecule has 0 aromatic carbocycles. The first-order valence-corrected chi connectivity index (χ1v) is 6.74. The number of nitrogens with zero attached hydrogens (tertiary/aromatic N) is 1. The molecule has 0 unspecified atom stereocenters. The van der Waals surface area contributed by atoms with Crippen LogP contribution in [-0.2, 0) is 14.3 Å². The number of hydrogen-bond donors (Lipinski definition) is 1. The fourth-order valence-electron chi connectivity index (χ4n) is 2.02. The topological polar surface area (TPSA) is 50.8 Å². The highest BCUT2D eigenvalue weighted by Crippen LogP contribution is 2.14. The van der Waals surface area contributed by atoms with E-state index in [1.54, 1.807) is 7.11 Å². The van der Waals surface area contributed by atoms with E-state index < -0.39 is 0 Å². The minimum atomic E-state index is 0.0892. The SMILES string of the molecule is COCCOCCC(=O)NCC1CCN(C)CC1. The highest BCUT2D eigenvalue weighted by Gasteiger charge is 2.16. The van der Waals surface area contributed by atoms with Crippen LogP contribution in [0.5, 0.6) is 0 Å². The van der Waals surface area contributed by atoms with E-state index in [2.05, 4.69) is 17.3 Å². The molecule has 0 radical (unpaired) electrons. The minimum absolute atomic E-state index is 0.0892. The van der Waals surface area contributed by atoms with E-state index in [0.717, 1.165) is 19.6 Å². The van der Waals surface area contributed by atoms with Gasteiger partial charge in [-0.25, -0.2) is 0 Å². The zero-order chi connectivity index (χ0) is 13.2. The third kappa shape index (κ3) is 6.93. The molecule has 0 saturated carbocycles. The maximum atomic E-state index is 11.5. The second-order valence-corrected chi connectivity index (χ2v) is 4.91. The fraction of sp³-hybridized carbons (Fsp3) is 0.923. The highest BCUT2D eigenvalue weighted by atomic mass is 16.5. The maximum Gasteiger partial charge on any atom is 0.222 e. The smallest absolute Gasteiger partial charge is 0.222 e. The van der Waals surface area contributed by atoms with Crippen molar-refractivity contribution in [1.29, 1.82) is 0 Å². The van der Waals surface area contributed by atoms with Crippen molar-refractivity contribution in [3.63, 3.8) is 0 Å². The molecule has 0 aromatic rings. The van der Waals surface area contributed by atoms with Crippen molar-refractivity contribution < 1.29 is 14.3 Å². The largest absolute Gasteiger partial charge is 0.382 e. The molecule has 0 spiro atoms. The molecule has 0 aromatic heterocycles. The number of hydrogen-bond acceptors (Lipinski definition) is 4. The van der Waals surface area contributed by atoms with Crippen LogP contribution in [0.15, 0.2) is 0 Å². The molecule has 0 atom stereocenters. The summed E-state index contributed by atoms with van der Waals surface area (Å²) in [7, 11) is 3.78. The van der Waals surface area contributed by atoms with Crippen LogP contribution in [0.4, 0.5) is 0 Å². The molecule has 1 fully saturated rings. The summed E-state index contributed by atoms with van der Waals surface area (Å²) in [6.45, 7) is 4.70. The van der Waals surface area contributed by atoms with Crippen molar-refractivity contribution >= 4 is 5.91 Å². The van der Waals surface area contributed by atoms with E-state index in [-0.39, 0.29) is 5.91 Å². The van der Waals surface area contributed by atoms with E-state index in [4.69, 9.17) is 9.47 Å². The zero-order valence-electron chi connectivity index (χ0n) is 11.6. The molecule has 1 heterocycles. The molecule has 1 N–H and O–H groups in total. The first-order valence-electron chi connectivity index (χ1n) is 6.74. The van der Waals surface area contributed by atoms with Gasteiger partial charge in [0.15, 0.2) is 0 Å². The number of methoxy groups -OCH3 is 1. The number of amides is 1. The first-order chi connectivity index (χ1) is 8.72. The summed E-state index contributed by atoms with van der Waals surface area (Å²) >= 11 is 0. The van der Waals surface area contributed by atoms with E-state index in [1.165, 1.54) is 12.8 Å². The normalized spacial score (nSPS) is 17.9. The third-order valence-electron chi connectivity index (χ3n) is 3.33. The highest BCUT2D eigenvalue weighted by molar-refractivity contribution is 5.75. The van der Waals surface area contributed by atoms with Crippen LogP contribution in [0.1, 0.15) is 19.3 Å². The Balaban J connectivity index is 1.96. The van der Waals surface area contributed by atoms with Crippen LogP contribution in [0.25, 0.3) is 0 Å². The maximum absolute atomic E-state index is 11.5. The molecule has 106 valence electrons. The first kappa shape index (κ1) is 15.4. The van der Waals surface area contributed by atoms with Crippen LogP contribution < -0.4 is 5.32 Å². The average molecular weight is 258 g/mol. The van der Waals surface area contributed by atoms with Gasteiger partial charge in [-0.2, -0.15) is 0 Å². The Morgan fingerprint density at radius 1 is 1.28 bits per heavy atom. The summed E-state index contributed by atoms with van der Waals surface area (Å²) in [5.41, 5.74) is 0. The number of piperidine rings is 1. The third-order valence-corrected chi connectivity index (χ3v) is 3.33. The van der Waals surface area contributed by atoms with Crippen molar-refractivity contribution in [2.24, 2.45) is 5.92 Å². The molecule has 5 heteroatoms. The molecule has 5 nitrogen and oxygen atoms in total. The van der Waals surface area contributed by atoms with E-state index >= 15 is 0 Å². The van der Waals surface area contributed by atoms with Crippen LogP contribution >= 0.6 is 0 Å². The van der Waals surface area contributed by atoms with Gasteiger partial charge in [-0.15, -0.1) is 0 Å². The summed E-state index contributed by atoms with van der Waals surface area (Å²) in [6.07, 6.45) is 2.80. The van der Waals surface area contributed by atoms with Crippen LogP contribution in [0.2, 0.25) is 0 Å². The molecule has 1 rings (SSSR count). The Morgan fingerprint density at radius 2 is 2.00 bits per heavy atom.